The van der Waals surface area contributed by atoms with Gasteiger partial charge in [-0.2, -0.15) is 0 Å². The molecular weight excluding hydrogens is 315 g/mol. The summed E-state index contributed by atoms with van der Waals surface area (Å²) >= 11 is 0. The van der Waals surface area contributed by atoms with Crippen LogP contribution in [0.3, 0.4) is 0 Å². The summed E-state index contributed by atoms with van der Waals surface area (Å²) in [5, 5.41) is 4.83. The predicted octanol–water partition coefficient (Wildman–Crippen LogP) is 2.13. The molecule has 0 aromatic heterocycles. The van der Waals surface area contributed by atoms with Crippen LogP contribution in [-0.4, -0.2) is 43.2 Å². The maximum atomic E-state index is 14.9. The van der Waals surface area contributed by atoms with Crippen LogP contribution in [0.1, 0.15) is 46.0 Å². The van der Waals surface area contributed by atoms with Crippen molar-refractivity contribution in [2.75, 3.05) is 6.61 Å². The lowest BCUT2D eigenvalue weighted by Gasteiger charge is -2.47. The summed E-state index contributed by atoms with van der Waals surface area (Å²) < 4.78 is 26.4. The summed E-state index contributed by atoms with van der Waals surface area (Å²) in [5.41, 5.74) is 0. The molecule has 24 heavy (non-hydrogen) atoms. The Morgan fingerprint density at radius 3 is 2.88 bits per heavy atom. The highest BCUT2D eigenvalue weighted by Crippen LogP contribution is 2.41. The second-order valence-corrected chi connectivity index (χ2v) is 7.55. The zero-order chi connectivity index (χ0) is 17.3. The van der Waals surface area contributed by atoms with Crippen LogP contribution in [0.4, 0.5) is 9.18 Å². The number of halogens is 1. The number of urea groups is 1. The van der Waals surface area contributed by atoms with E-state index in [4.69, 9.17) is 9.47 Å². The van der Waals surface area contributed by atoms with Crippen LogP contribution in [0.5, 0.6) is 0 Å². The molecule has 7 heteroatoms. The number of hydrogen-bond acceptors (Lipinski definition) is 4. The number of imide groups is 1. The molecule has 0 radical (unpaired) electrons. The third-order valence-electron chi connectivity index (χ3n) is 5.29. The van der Waals surface area contributed by atoms with E-state index in [0.717, 1.165) is 19.3 Å². The van der Waals surface area contributed by atoms with Crippen LogP contribution < -0.4 is 10.6 Å². The first-order chi connectivity index (χ1) is 11.5. The van der Waals surface area contributed by atoms with E-state index < -0.39 is 36.6 Å². The molecule has 3 aliphatic rings. The van der Waals surface area contributed by atoms with Gasteiger partial charge in [0.1, 0.15) is 6.23 Å². The summed E-state index contributed by atoms with van der Waals surface area (Å²) in [6.45, 7) is 4.87. The molecule has 2 aliphatic heterocycles. The minimum atomic E-state index is -1.22. The number of fused-ring (bicyclic) bond motifs is 2. The normalized spacial score (nSPS) is 39.0. The van der Waals surface area contributed by atoms with Crippen molar-refractivity contribution in [3.63, 3.8) is 0 Å². The summed E-state index contributed by atoms with van der Waals surface area (Å²) in [6, 6.07) is -0.576. The van der Waals surface area contributed by atoms with E-state index in [1.807, 2.05) is 0 Å². The molecule has 1 aliphatic carbocycles. The average molecular weight is 342 g/mol. The largest absolute Gasteiger partial charge is 0.375 e. The van der Waals surface area contributed by atoms with E-state index in [1.165, 1.54) is 0 Å². The molecule has 2 saturated heterocycles. The topological polar surface area (TPSA) is 76.7 Å². The highest BCUT2D eigenvalue weighted by Gasteiger charge is 2.51. The first-order valence-corrected chi connectivity index (χ1v) is 8.98. The summed E-state index contributed by atoms with van der Waals surface area (Å²) in [5.74, 6) is -0.146. The van der Waals surface area contributed by atoms with Crippen LogP contribution in [0.25, 0.3) is 0 Å². The monoisotopic (exact) mass is 342 g/mol. The summed E-state index contributed by atoms with van der Waals surface area (Å²) in [4.78, 5) is 23.3. The number of nitrogens with one attached hydrogen (secondary N) is 2. The van der Waals surface area contributed by atoms with Crippen molar-refractivity contribution in [2.45, 2.75) is 70.6 Å². The third kappa shape index (κ3) is 3.72. The second-order valence-electron chi connectivity index (χ2n) is 7.55. The molecule has 3 rings (SSSR count). The Morgan fingerprint density at radius 2 is 2.12 bits per heavy atom. The number of ether oxygens (including phenoxy) is 2. The number of rotatable bonds is 5. The Hall–Kier alpha value is -1.21. The van der Waals surface area contributed by atoms with Crippen molar-refractivity contribution in [3.05, 3.63) is 0 Å². The van der Waals surface area contributed by atoms with Crippen LogP contribution in [0.2, 0.25) is 0 Å². The van der Waals surface area contributed by atoms with Crippen molar-refractivity contribution >= 4 is 11.9 Å². The molecule has 0 bridgehead atoms. The predicted molar refractivity (Wildman–Crippen MR) is 84.9 cm³/mol. The van der Waals surface area contributed by atoms with Gasteiger partial charge in [-0.25, -0.2) is 9.18 Å². The first-order valence-electron chi connectivity index (χ1n) is 8.98. The molecule has 3 amide bonds. The molecule has 0 spiro atoms. The highest BCUT2D eigenvalue weighted by molar-refractivity contribution is 5.98. The average Bonchev–Trinajstić information content (AvgIpc) is 2.52. The van der Waals surface area contributed by atoms with Gasteiger partial charge in [-0.3, -0.25) is 10.1 Å². The maximum Gasteiger partial charge on any atom is 0.323 e. The molecule has 2 N–H and O–H groups in total. The summed E-state index contributed by atoms with van der Waals surface area (Å²) in [7, 11) is 0. The van der Waals surface area contributed by atoms with Crippen molar-refractivity contribution in [1.29, 1.82) is 0 Å². The number of alkyl halides is 1. The maximum absolute atomic E-state index is 14.9. The van der Waals surface area contributed by atoms with Crippen LogP contribution >= 0.6 is 0 Å². The lowest BCUT2D eigenvalue weighted by molar-refractivity contribution is -0.196. The van der Waals surface area contributed by atoms with E-state index >= 15 is 0 Å². The molecule has 0 aromatic rings. The van der Waals surface area contributed by atoms with Gasteiger partial charge in [0.15, 0.2) is 6.17 Å². The minimum absolute atomic E-state index is 0.00230. The van der Waals surface area contributed by atoms with Gasteiger partial charge in [0.2, 0.25) is 5.91 Å². The first kappa shape index (κ1) is 17.6. The Labute approximate surface area is 141 Å². The minimum Gasteiger partial charge on any atom is -0.375 e. The van der Waals surface area contributed by atoms with Gasteiger partial charge in [0.25, 0.3) is 0 Å². The number of carbonyl (C=O) groups excluding carboxylic acids is 2. The fraction of sp³-hybridized carbons (Fsp3) is 0.882. The standard InChI is InChI=1S/C17H27FN2O4/c1-9(2)4-3-7-23-12-6-5-10-8-11-15(21)19-17(22)20-16(11)24-14(10)13(12)18/h9-14,16H,3-8H2,1-2H3,(H2,19,20,21,22). The Balaban J connectivity index is 1.56. The van der Waals surface area contributed by atoms with E-state index in [0.29, 0.717) is 25.4 Å². The smallest absolute Gasteiger partial charge is 0.323 e. The van der Waals surface area contributed by atoms with Crippen LogP contribution in [0.15, 0.2) is 0 Å². The molecule has 6 unspecified atom stereocenters. The van der Waals surface area contributed by atoms with E-state index in [2.05, 4.69) is 24.5 Å². The molecule has 6 nitrogen and oxygen atoms in total. The second kappa shape index (κ2) is 7.35. The molecule has 6 atom stereocenters. The van der Waals surface area contributed by atoms with Gasteiger partial charge in [0.05, 0.1) is 18.1 Å². The van der Waals surface area contributed by atoms with Crippen molar-refractivity contribution < 1.29 is 23.5 Å². The van der Waals surface area contributed by atoms with E-state index in [9.17, 15) is 14.0 Å². The van der Waals surface area contributed by atoms with Gasteiger partial charge in [0, 0.05) is 6.61 Å². The van der Waals surface area contributed by atoms with Crippen LogP contribution in [0, 0.1) is 17.8 Å². The third-order valence-corrected chi connectivity index (χ3v) is 5.29. The highest BCUT2D eigenvalue weighted by atomic mass is 19.1. The van der Waals surface area contributed by atoms with Gasteiger partial charge < -0.3 is 14.8 Å². The SMILES string of the molecule is CC(C)CCCOC1CCC2CC3C(=O)NC(=O)NC3OC2C1F. The molecular formula is C17H27FN2O4. The Kier molecular flexibility index (Phi) is 5.39. The van der Waals surface area contributed by atoms with Gasteiger partial charge in [-0.15, -0.1) is 0 Å². The summed E-state index contributed by atoms with van der Waals surface area (Å²) in [6.07, 6.45) is 0.958. The Bertz CT molecular complexity index is 487. The fourth-order valence-electron chi connectivity index (χ4n) is 3.98. The zero-order valence-corrected chi connectivity index (χ0v) is 14.3. The molecule has 136 valence electrons. The molecule has 1 saturated carbocycles. The van der Waals surface area contributed by atoms with Crippen molar-refractivity contribution in [2.24, 2.45) is 17.8 Å². The van der Waals surface area contributed by atoms with Crippen molar-refractivity contribution in [1.82, 2.24) is 10.6 Å². The molecule has 0 aromatic carbocycles. The van der Waals surface area contributed by atoms with Gasteiger partial charge in [-0.1, -0.05) is 13.8 Å². The molecule has 2 heterocycles. The molecule has 3 fully saturated rings. The van der Waals surface area contributed by atoms with E-state index in [1.54, 1.807) is 0 Å². The Morgan fingerprint density at radius 1 is 1.33 bits per heavy atom. The zero-order valence-electron chi connectivity index (χ0n) is 14.3. The fourth-order valence-corrected chi connectivity index (χ4v) is 3.98. The van der Waals surface area contributed by atoms with Gasteiger partial charge >= 0.3 is 6.03 Å². The van der Waals surface area contributed by atoms with Crippen molar-refractivity contribution in [3.8, 4) is 0 Å². The lowest BCUT2D eigenvalue weighted by Crippen LogP contribution is -2.65. The van der Waals surface area contributed by atoms with Gasteiger partial charge in [-0.05, 0) is 43.9 Å². The van der Waals surface area contributed by atoms with Crippen LogP contribution in [-0.2, 0) is 14.3 Å². The van der Waals surface area contributed by atoms with E-state index in [-0.39, 0.29) is 11.8 Å². The quantitative estimate of drug-likeness (QED) is 0.751. The number of hydrogen-bond donors (Lipinski definition) is 2. The lowest BCUT2D eigenvalue weighted by atomic mass is 9.75. The number of carbonyl (C=O) groups is 2. The number of amides is 3.